The van der Waals surface area contributed by atoms with E-state index < -0.39 is 0 Å². The topological polar surface area (TPSA) is 24.5 Å². The first-order valence-electron chi connectivity index (χ1n) is 7.92. The highest BCUT2D eigenvalue weighted by Gasteiger charge is 2.15. The molecule has 3 heteroatoms. The molecule has 1 aliphatic rings. The highest BCUT2D eigenvalue weighted by Crippen LogP contribution is 2.18. The summed E-state index contributed by atoms with van der Waals surface area (Å²) in [5.74, 6) is 1.90. The van der Waals surface area contributed by atoms with Gasteiger partial charge in [0.25, 0.3) is 0 Å². The van der Waals surface area contributed by atoms with Crippen molar-refractivity contribution >= 4 is 0 Å². The number of likely N-dealkylation sites (tertiary alicyclic amines) is 1. The lowest BCUT2D eigenvalue weighted by molar-refractivity contribution is 0.211. The molecule has 20 heavy (non-hydrogen) atoms. The van der Waals surface area contributed by atoms with Crippen LogP contribution in [-0.2, 0) is 0 Å². The lowest BCUT2D eigenvalue weighted by atomic mass is 9.94. The summed E-state index contributed by atoms with van der Waals surface area (Å²) in [6.45, 7) is 5.55. The number of rotatable bonds is 8. The van der Waals surface area contributed by atoms with Gasteiger partial charge in [-0.3, -0.25) is 0 Å². The molecule has 3 nitrogen and oxygen atoms in total. The molecule has 0 saturated carbocycles. The Morgan fingerprint density at radius 3 is 2.65 bits per heavy atom. The summed E-state index contributed by atoms with van der Waals surface area (Å²) >= 11 is 0. The van der Waals surface area contributed by atoms with E-state index in [-0.39, 0.29) is 0 Å². The van der Waals surface area contributed by atoms with Crippen LogP contribution in [0.4, 0.5) is 0 Å². The smallest absolute Gasteiger partial charge is 0.119 e. The molecule has 1 N–H and O–H groups in total. The van der Waals surface area contributed by atoms with Crippen LogP contribution in [0, 0.1) is 5.92 Å². The predicted molar refractivity (Wildman–Crippen MR) is 84.3 cm³/mol. The lowest BCUT2D eigenvalue weighted by Gasteiger charge is -2.28. The van der Waals surface area contributed by atoms with E-state index in [1.165, 1.54) is 32.4 Å². The van der Waals surface area contributed by atoms with E-state index in [4.69, 9.17) is 4.74 Å². The van der Waals surface area contributed by atoms with Gasteiger partial charge in [-0.1, -0.05) is 18.2 Å². The van der Waals surface area contributed by atoms with E-state index in [1.807, 2.05) is 30.3 Å². The minimum absolute atomic E-state index is 0.797. The molecule has 1 heterocycles. The summed E-state index contributed by atoms with van der Waals surface area (Å²) < 4.78 is 5.67. The number of para-hydroxylation sites is 1. The molecule has 0 bridgehead atoms. The molecule has 0 atom stereocenters. The largest absolute Gasteiger partial charge is 0.494 e. The second kappa shape index (κ2) is 8.98. The summed E-state index contributed by atoms with van der Waals surface area (Å²) in [5.41, 5.74) is 0. The van der Waals surface area contributed by atoms with Crippen molar-refractivity contribution in [2.45, 2.75) is 25.7 Å². The van der Waals surface area contributed by atoms with E-state index >= 15 is 0 Å². The van der Waals surface area contributed by atoms with Crippen LogP contribution in [0.1, 0.15) is 25.7 Å². The summed E-state index contributed by atoms with van der Waals surface area (Å²) in [6, 6.07) is 10.0. The molecule has 0 aromatic heterocycles. The van der Waals surface area contributed by atoms with E-state index in [2.05, 4.69) is 17.3 Å². The van der Waals surface area contributed by atoms with E-state index in [0.717, 1.165) is 37.8 Å². The van der Waals surface area contributed by atoms with Crippen LogP contribution in [-0.4, -0.2) is 44.7 Å². The van der Waals surface area contributed by atoms with Gasteiger partial charge in [0, 0.05) is 0 Å². The molecule has 112 valence electrons. The molecule has 0 radical (unpaired) electrons. The maximum Gasteiger partial charge on any atom is 0.119 e. The van der Waals surface area contributed by atoms with Gasteiger partial charge in [-0.25, -0.2) is 0 Å². The molecule has 0 aliphatic carbocycles. The minimum Gasteiger partial charge on any atom is -0.494 e. The van der Waals surface area contributed by atoms with Gasteiger partial charge >= 0.3 is 0 Å². The van der Waals surface area contributed by atoms with E-state index in [1.54, 1.807) is 0 Å². The number of piperidine rings is 1. The average molecular weight is 276 g/mol. The molecule has 0 spiro atoms. The summed E-state index contributed by atoms with van der Waals surface area (Å²) in [5, 5.41) is 3.54. The maximum absolute atomic E-state index is 5.67. The predicted octanol–water partition coefficient (Wildman–Crippen LogP) is 2.78. The van der Waals surface area contributed by atoms with Gasteiger partial charge in [0.15, 0.2) is 0 Å². The third-order valence-corrected chi connectivity index (χ3v) is 4.08. The van der Waals surface area contributed by atoms with Gasteiger partial charge in [0.1, 0.15) is 5.75 Å². The van der Waals surface area contributed by atoms with Crippen molar-refractivity contribution < 1.29 is 4.74 Å². The number of ether oxygens (including phenoxy) is 1. The van der Waals surface area contributed by atoms with Gasteiger partial charge < -0.3 is 15.0 Å². The van der Waals surface area contributed by atoms with Crippen molar-refractivity contribution in [2.75, 3.05) is 39.8 Å². The van der Waals surface area contributed by atoms with Gasteiger partial charge in [0.2, 0.25) is 0 Å². The van der Waals surface area contributed by atoms with Crippen LogP contribution < -0.4 is 10.1 Å². The average Bonchev–Trinajstić information content (AvgIpc) is 2.49. The van der Waals surface area contributed by atoms with Crippen molar-refractivity contribution in [3.63, 3.8) is 0 Å². The summed E-state index contributed by atoms with van der Waals surface area (Å²) in [7, 11) is 2.22. The Morgan fingerprint density at radius 1 is 1.15 bits per heavy atom. The maximum atomic E-state index is 5.67. The first kappa shape index (κ1) is 15.3. The second-order valence-corrected chi connectivity index (χ2v) is 5.80. The standard InChI is InChI=1S/C17H28N2O/c1-19-13-9-16(10-14-19)8-12-18-11-5-15-20-17-6-3-2-4-7-17/h2-4,6-7,16,18H,5,8-15H2,1H3. The zero-order valence-electron chi connectivity index (χ0n) is 12.7. The van der Waals surface area contributed by atoms with Crippen molar-refractivity contribution in [1.29, 1.82) is 0 Å². The van der Waals surface area contributed by atoms with Crippen LogP contribution in [0.5, 0.6) is 5.75 Å². The molecule has 1 aliphatic heterocycles. The fourth-order valence-corrected chi connectivity index (χ4v) is 2.69. The Balaban J connectivity index is 1.42. The van der Waals surface area contributed by atoms with Crippen molar-refractivity contribution in [3.05, 3.63) is 30.3 Å². The number of nitrogens with one attached hydrogen (secondary N) is 1. The summed E-state index contributed by atoms with van der Waals surface area (Å²) in [6.07, 6.45) is 5.14. The fourth-order valence-electron chi connectivity index (χ4n) is 2.69. The minimum atomic E-state index is 0.797. The van der Waals surface area contributed by atoms with Gasteiger partial charge in [-0.05, 0) is 77.0 Å². The Hall–Kier alpha value is -1.06. The molecular formula is C17H28N2O. The monoisotopic (exact) mass is 276 g/mol. The second-order valence-electron chi connectivity index (χ2n) is 5.80. The Kier molecular flexibility index (Phi) is 6.89. The molecule has 1 aromatic carbocycles. The Bertz CT molecular complexity index is 347. The molecular weight excluding hydrogens is 248 g/mol. The highest BCUT2D eigenvalue weighted by molar-refractivity contribution is 5.20. The van der Waals surface area contributed by atoms with Crippen LogP contribution in [0.2, 0.25) is 0 Å². The molecule has 0 amide bonds. The SMILES string of the molecule is CN1CCC(CCNCCCOc2ccccc2)CC1. The van der Waals surface area contributed by atoms with Crippen molar-refractivity contribution in [1.82, 2.24) is 10.2 Å². The van der Waals surface area contributed by atoms with Crippen molar-refractivity contribution in [3.8, 4) is 5.75 Å². The van der Waals surface area contributed by atoms with Gasteiger partial charge in [-0.15, -0.1) is 0 Å². The van der Waals surface area contributed by atoms with E-state index in [9.17, 15) is 0 Å². The molecule has 1 saturated heterocycles. The zero-order chi connectivity index (χ0) is 14.0. The van der Waals surface area contributed by atoms with Crippen LogP contribution >= 0.6 is 0 Å². The van der Waals surface area contributed by atoms with Crippen LogP contribution in [0.3, 0.4) is 0 Å². The Morgan fingerprint density at radius 2 is 1.90 bits per heavy atom. The highest BCUT2D eigenvalue weighted by atomic mass is 16.5. The Labute approximate surface area is 123 Å². The molecule has 2 rings (SSSR count). The third kappa shape index (κ3) is 5.93. The van der Waals surface area contributed by atoms with Crippen LogP contribution in [0.25, 0.3) is 0 Å². The van der Waals surface area contributed by atoms with Gasteiger partial charge in [-0.2, -0.15) is 0 Å². The summed E-state index contributed by atoms with van der Waals surface area (Å²) in [4.78, 5) is 2.44. The van der Waals surface area contributed by atoms with Gasteiger partial charge in [0.05, 0.1) is 6.61 Å². The van der Waals surface area contributed by atoms with Crippen LogP contribution in [0.15, 0.2) is 30.3 Å². The fraction of sp³-hybridized carbons (Fsp3) is 0.647. The normalized spacial score (nSPS) is 17.2. The number of benzene rings is 1. The third-order valence-electron chi connectivity index (χ3n) is 4.08. The number of nitrogens with zero attached hydrogens (tertiary/aromatic N) is 1. The molecule has 1 aromatic rings. The van der Waals surface area contributed by atoms with Crippen molar-refractivity contribution in [2.24, 2.45) is 5.92 Å². The number of hydrogen-bond donors (Lipinski definition) is 1. The first-order valence-corrected chi connectivity index (χ1v) is 7.92. The molecule has 1 fully saturated rings. The lowest BCUT2D eigenvalue weighted by Crippen LogP contribution is -2.31. The quantitative estimate of drug-likeness (QED) is 0.739. The van der Waals surface area contributed by atoms with E-state index in [0.29, 0.717) is 0 Å². The molecule has 0 unspecified atom stereocenters. The number of hydrogen-bond acceptors (Lipinski definition) is 3. The zero-order valence-corrected chi connectivity index (χ0v) is 12.7. The first-order chi connectivity index (χ1) is 9.84.